The molecule has 2 aliphatic carbocycles. The van der Waals surface area contributed by atoms with E-state index < -0.39 is 16.1 Å². The number of urea groups is 1. The van der Waals surface area contributed by atoms with Crippen molar-refractivity contribution < 1.29 is 13.2 Å². The van der Waals surface area contributed by atoms with Gasteiger partial charge >= 0.3 is 6.03 Å². The molecular weight excluding hydrogens is 388 g/mol. The fourth-order valence-corrected chi connectivity index (χ4v) is 4.88. The Morgan fingerprint density at radius 3 is 2.66 bits per heavy atom. The van der Waals surface area contributed by atoms with Crippen LogP contribution < -0.4 is 10.0 Å². The molecule has 0 radical (unpaired) electrons. The van der Waals surface area contributed by atoms with E-state index >= 15 is 0 Å². The Balaban J connectivity index is 1.82. The average molecular weight is 419 g/mol. The Labute approximate surface area is 173 Å². The maximum absolute atomic E-state index is 12.7. The van der Waals surface area contributed by atoms with Crippen molar-refractivity contribution in [3.63, 3.8) is 0 Å². The molecule has 8 heteroatoms. The quantitative estimate of drug-likeness (QED) is 0.772. The third-order valence-corrected chi connectivity index (χ3v) is 6.67. The second-order valence-electron chi connectivity index (χ2n) is 8.03. The highest BCUT2D eigenvalue weighted by atomic mass is 32.2. The third-order valence-electron chi connectivity index (χ3n) is 5.47. The standard InChI is InChI=1S/C21H30N4O3S/c1-14(2)18-13-19(23-25(18)4)29(27,28)24-21(26)22-20-15(3)9-6-5-7-10-16-11-8-12-17(16)20/h10,13-14H,3,5-9,11-12H2,1-2,4H3,(H2,22,24,26)/b16-10-,20-17?. The summed E-state index contributed by atoms with van der Waals surface area (Å²) in [5.74, 6) is 0.118. The number of fused-ring (bicyclic) bond motifs is 1. The molecule has 1 aromatic rings. The van der Waals surface area contributed by atoms with Gasteiger partial charge in [0.05, 0.1) is 0 Å². The van der Waals surface area contributed by atoms with Crippen molar-refractivity contribution in [3.8, 4) is 0 Å². The molecule has 1 aromatic heterocycles. The minimum absolute atomic E-state index is 0.118. The van der Waals surface area contributed by atoms with Gasteiger partial charge in [-0.3, -0.25) is 4.68 Å². The molecule has 1 fully saturated rings. The van der Waals surface area contributed by atoms with Gasteiger partial charge in [0.25, 0.3) is 10.0 Å². The van der Waals surface area contributed by atoms with Gasteiger partial charge in [-0.2, -0.15) is 13.5 Å². The molecule has 3 rings (SSSR count). The fraction of sp³-hybridized carbons (Fsp3) is 0.524. The second kappa shape index (κ2) is 8.57. The topological polar surface area (TPSA) is 93.1 Å². The highest BCUT2D eigenvalue weighted by Gasteiger charge is 2.26. The summed E-state index contributed by atoms with van der Waals surface area (Å²) in [6.07, 6.45) is 9.02. The molecule has 7 nitrogen and oxygen atoms in total. The number of nitrogens with one attached hydrogen (secondary N) is 2. The first-order valence-corrected chi connectivity index (χ1v) is 11.7. The highest BCUT2D eigenvalue weighted by molar-refractivity contribution is 7.90. The van der Waals surface area contributed by atoms with Crippen LogP contribution in [0, 0.1) is 0 Å². The van der Waals surface area contributed by atoms with Crippen LogP contribution in [0.2, 0.25) is 0 Å². The lowest BCUT2D eigenvalue weighted by molar-refractivity contribution is 0.248. The molecule has 2 amide bonds. The van der Waals surface area contributed by atoms with Crippen LogP contribution in [-0.2, 0) is 17.1 Å². The summed E-state index contributed by atoms with van der Waals surface area (Å²) in [6.45, 7) is 8.06. The van der Waals surface area contributed by atoms with E-state index in [1.54, 1.807) is 7.05 Å². The number of carbonyl (C=O) groups excluding carboxylic acids is 1. The van der Waals surface area contributed by atoms with Crippen LogP contribution >= 0.6 is 0 Å². The molecule has 2 aliphatic rings. The maximum Gasteiger partial charge on any atom is 0.333 e. The lowest BCUT2D eigenvalue weighted by Gasteiger charge is -2.16. The first-order valence-electron chi connectivity index (χ1n) is 10.2. The van der Waals surface area contributed by atoms with Gasteiger partial charge in [0, 0.05) is 24.5 Å². The predicted octanol–water partition coefficient (Wildman–Crippen LogP) is 4.03. The number of amides is 2. The largest absolute Gasteiger partial charge is 0.333 e. The van der Waals surface area contributed by atoms with Crippen molar-refractivity contribution in [3.05, 3.63) is 46.8 Å². The van der Waals surface area contributed by atoms with Crippen LogP contribution in [-0.4, -0.2) is 24.2 Å². The minimum Gasteiger partial charge on any atom is -0.307 e. The summed E-state index contributed by atoms with van der Waals surface area (Å²) >= 11 is 0. The van der Waals surface area contributed by atoms with E-state index in [2.05, 4.69) is 27.8 Å². The Hall–Kier alpha value is -2.35. The second-order valence-corrected chi connectivity index (χ2v) is 9.66. The van der Waals surface area contributed by atoms with Crippen molar-refractivity contribution in [1.29, 1.82) is 0 Å². The summed E-state index contributed by atoms with van der Waals surface area (Å²) < 4.78 is 29.0. The number of nitrogens with zero attached hydrogens (tertiary/aromatic N) is 2. The van der Waals surface area contributed by atoms with Crippen LogP contribution in [0.25, 0.3) is 0 Å². The highest BCUT2D eigenvalue weighted by Crippen LogP contribution is 2.36. The SMILES string of the molecule is C=C1CCCC/C=C2/CCCC2=C1NC(=O)NS(=O)(=O)c1cc(C(C)C)n(C)n1. The molecular formula is C21H30N4O3S. The van der Waals surface area contributed by atoms with Gasteiger partial charge in [0.15, 0.2) is 5.03 Å². The minimum atomic E-state index is -4.07. The molecule has 0 spiro atoms. The molecule has 29 heavy (non-hydrogen) atoms. The number of rotatable bonds is 4. The number of hydrogen-bond donors (Lipinski definition) is 2. The summed E-state index contributed by atoms with van der Waals surface area (Å²) in [5, 5.41) is 6.68. The number of hydrogen-bond acceptors (Lipinski definition) is 4. The Kier molecular flexibility index (Phi) is 6.31. The van der Waals surface area contributed by atoms with E-state index in [0.717, 1.165) is 61.8 Å². The molecule has 0 bridgehead atoms. The molecule has 1 saturated carbocycles. The van der Waals surface area contributed by atoms with Gasteiger partial charge in [-0.05, 0) is 67.6 Å². The zero-order valence-electron chi connectivity index (χ0n) is 17.4. The summed E-state index contributed by atoms with van der Waals surface area (Å²) in [6, 6.07) is 0.717. The van der Waals surface area contributed by atoms with Crippen molar-refractivity contribution in [2.45, 2.75) is 69.7 Å². The maximum atomic E-state index is 12.7. The number of aryl methyl sites for hydroxylation is 1. The van der Waals surface area contributed by atoms with Gasteiger partial charge in [-0.1, -0.05) is 26.5 Å². The first kappa shape index (κ1) is 21.4. The van der Waals surface area contributed by atoms with Crippen LogP contribution in [0.15, 0.2) is 46.2 Å². The zero-order valence-corrected chi connectivity index (χ0v) is 18.2. The van der Waals surface area contributed by atoms with Crippen LogP contribution in [0.4, 0.5) is 4.79 Å². The van der Waals surface area contributed by atoms with Gasteiger partial charge in [0.1, 0.15) is 0 Å². The molecule has 0 unspecified atom stereocenters. The van der Waals surface area contributed by atoms with Gasteiger partial charge in [0.2, 0.25) is 0 Å². The Morgan fingerprint density at radius 2 is 1.97 bits per heavy atom. The summed E-state index contributed by atoms with van der Waals surface area (Å²) in [7, 11) is -2.38. The molecule has 0 aromatic carbocycles. The number of allylic oxidation sites excluding steroid dienone is 4. The van der Waals surface area contributed by atoms with E-state index in [9.17, 15) is 13.2 Å². The molecule has 0 saturated heterocycles. The van der Waals surface area contributed by atoms with Crippen LogP contribution in [0.3, 0.4) is 0 Å². The molecule has 0 atom stereocenters. The monoisotopic (exact) mass is 418 g/mol. The summed E-state index contributed by atoms with van der Waals surface area (Å²) in [4.78, 5) is 12.6. The number of aromatic nitrogens is 2. The van der Waals surface area contributed by atoms with Crippen molar-refractivity contribution >= 4 is 16.1 Å². The van der Waals surface area contributed by atoms with E-state index in [0.29, 0.717) is 5.70 Å². The zero-order chi connectivity index (χ0) is 21.2. The number of carbonyl (C=O) groups is 1. The molecule has 158 valence electrons. The van der Waals surface area contributed by atoms with Gasteiger partial charge in [-0.25, -0.2) is 9.52 Å². The Morgan fingerprint density at radius 1 is 1.21 bits per heavy atom. The van der Waals surface area contributed by atoms with Crippen LogP contribution in [0.1, 0.15) is 70.4 Å². The lowest BCUT2D eigenvalue weighted by Crippen LogP contribution is -2.39. The van der Waals surface area contributed by atoms with Gasteiger partial charge < -0.3 is 5.32 Å². The van der Waals surface area contributed by atoms with E-state index in [4.69, 9.17) is 0 Å². The first-order chi connectivity index (χ1) is 13.7. The van der Waals surface area contributed by atoms with Gasteiger partial charge in [-0.15, -0.1) is 0 Å². The predicted molar refractivity (Wildman–Crippen MR) is 113 cm³/mol. The number of sulfonamides is 1. The molecule has 0 aliphatic heterocycles. The van der Waals surface area contributed by atoms with Crippen LogP contribution in [0.5, 0.6) is 0 Å². The lowest BCUT2D eigenvalue weighted by atomic mass is 10.0. The third kappa shape index (κ3) is 4.80. The smallest absolute Gasteiger partial charge is 0.307 e. The van der Waals surface area contributed by atoms with E-state index in [1.807, 2.05) is 13.8 Å². The summed E-state index contributed by atoms with van der Waals surface area (Å²) in [5.41, 5.74) is 4.64. The molecule has 1 heterocycles. The van der Waals surface area contributed by atoms with E-state index in [1.165, 1.54) is 16.3 Å². The average Bonchev–Trinajstić information content (AvgIpc) is 3.25. The fourth-order valence-electron chi connectivity index (χ4n) is 3.98. The normalized spacial score (nSPS) is 19.9. The van der Waals surface area contributed by atoms with Crippen molar-refractivity contribution in [2.24, 2.45) is 7.05 Å². The van der Waals surface area contributed by atoms with E-state index in [-0.39, 0.29) is 10.9 Å². The Bertz CT molecular complexity index is 984. The van der Waals surface area contributed by atoms with Crippen molar-refractivity contribution in [2.75, 3.05) is 0 Å². The molecule has 2 N–H and O–H groups in total. The van der Waals surface area contributed by atoms with Crippen molar-refractivity contribution in [1.82, 2.24) is 19.8 Å².